The van der Waals surface area contributed by atoms with Crippen molar-refractivity contribution >= 4 is 16.8 Å². The molecule has 0 rings (SSSR count). The molecule has 7 heavy (non-hydrogen) atoms. The van der Waals surface area contributed by atoms with E-state index in [0.717, 1.165) is 18.1 Å². The van der Waals surface area contributed by atoms with Crippen molar-refractivity contribution in [2.45, 2.75) is 20.3 Å². The van der Waals surface area contributed by atoms with Crippen LogP contribution in [0.3, 0.4) is 0 Å². The lowest BCUT2D eigenvalue weighted by molar-refractivity contribution is 1.11. The third-order valence-electron chi connectivity index (χ3n) is 0.621. The topological polar surface area (TPSA) is 12.4 Å². The number of rotatable bonds is 2. The maximum atomic E-state index is 5.52. The zero-order chi connectivity index (χ0) is 5.70. The van der Waals surface area contributed by atoms with Crippen LogP contribution in [0.2, 0.25) is 0 Å². The summed E-state index contributed by atoms with van der Waals surface area (Å²) in [5, 5.41) is 0.725. The molecule has 0 aliphatic rings. The average molecular weight is 120 g/mol. The number of aliphatic imine (C=N–C) groups is 1. The van der Waals surface area contributed by atoms with Gasteiger partial charge in [-0.15, -0.1) is 0 Å². The van der Waals surface area contributed by atoms with Crippen LogP contribution in [0.1, 0.15) is 20.3 Å². The highest BCUT2D eigenvalue weighted by atomic mass is 35.5. The molecule has 0 aliphatic carbocycles. The van der Waals surface area contributed by atoms with E-state index in [1.54, 1.807) is 0 Å². The zero-order valence-electron chi connectivity index (χ0n) is 4.74. The van der Waals surface area contributed by atoms with Gasteiger partial charge in [-0.2, -0.15) is 0 Å². The minimum absolute atomic E-state index is 0.725. The maximum Gasteiger partial charge on any atom is 0.0999 e. The Bertz CT molecular complexity index is 68.5. The fourth-order valence-electron chi connectivity index (χ4n) is 0.283. The first-order valence-corrected chi connectivity index (χ1v) is 2.87. The summed E-state index contributed by atoms with van der Waals surface area (Å²) in [5.74, 6) is 0. The van der Waals surface area contributed by atoms with Gasteiger partial charge in [0.2, 0.25) is 0 Å². The first kappa shape index (κ1) is 6.96. The van der Waals surface area contributed by atoms with E-state index >= 15 is 0 Å². The Morgan fingerprint density at radius 3 is 2.29 bits per heavy atom. The largest absolute Gasteiger partial charge is 0.278 e. The standard InChI is InChI=1S/C5H10ClN/c1-3-5(6)7-4-2/h3-4H2,1-2H3. The van der Waals surface area contributed by atoms with Crippen molar-refractivity contribution in [3.63, 3.8) is 0 Å². The second-order valence-electron chi connectivity index (χ2n) is 1.20. The van der Waals surface area contributed by atoms with Crippen molar-refractivity contribution in [1.29, 1.82) is 0 Å². The quantitative estimate of drug-likeness (QED) is 0.494. The molecule has 0 N–H and O–H groups in total. The van der Waals surface area contributed by atoms with Crippen molar-refractivity contribution in [2.24, 2.45) is 4.99 Å². The Morgan fingerprint density at radius 1 is 1.57 bits per heavy atom. The SMILES string of the molecule is CCN=C(Cl)CC. The van der Waals surface area contributed by atoms with E-state index in [1.165, 1.54) is 0 Å². The maximum absolute atomic E-state index is 5.52. The molecule has 0 radical (unpaired) electrons. The van der Waals surface area contributed by atoms with E-state index < -0.39 is 0 Å². The summed E-state index contributed by atoms with van der Waals surface area (Å²) in [5.41, 5.74) is 0. The molecule has 0 heterocycles. The van der Waals surface area contributed by atoms with E-state index in [4.69, 9.17) is 11.6 Å². The molecule has 0 aromatic heterocycles. The Morgan fingerprint density at radius 2 is 2.14 bits per heavy atom. The van der Waals surface area contributed by atoms with E-state index in [0.29, 0.717) is 0 Å². The smallest absolute Gasteiger partial charge is 0.0999 e. The van der Waals surface area contributed by atoms with Gasteiger partial charge in [-0.25, -0.2) is 0 Å². The normalized spacial score (nSPS) is 12.1. The Kier molecular flexibility index (Phi) is 4.10. The van der Waals surface area contributed by atoms with E-state index in [2.05, 4.69) is 4.99 Å². The molecule has 0 fully saturated rings. The van der Waals surface area contributed by atoms with Crippen molar-refractivity contribution in [3.8, 4) is 0 Å². The van der Waals surface area contributed by atoms with Gasteiger partial charge in [0.05, 0.1) is 5.17 Å². The molecule has 0 unspecified atom stereocenters. The van der Waals surface area contributed by atoms with Crippen LogP contribution in [0, 0.1) is 0 Å². The van der Waals surface area contributed by atoms with Crippen LogP contribution in [-0.2, 0) is 0 Å². The molecule has 0 aromatic carbocycles. The molecule has 1 nitrogen and oxygen atoms in total. The van der Waals surface area contributed by atoms with Gasteiger partial charge in [-0.3, -0.25) is 4.99 Å². The second-order valence-corrected chi connectivity index (χ2v) is 1.64. The fraction of sp³-hybridized carbons (Fsp3) is 0.800. The van der Waals surface area contributed by atoms with E-state index in [1.807, 2.05) is 13.8 Å². The summed E-state index contributed by atoms with van der Waals surface area (Å²) in [6.45, 7) is 4.76. The molecule has 0 amide bonds. The lowest BCUT2D eigenvalue weighted by atomic mass is 10.5. The number of nitrogens with zero attached hydrogens (tertiary/aromatic N) is 1. The van der Waals surface area contributed by atoms with Gasteiger partial charge in [0.25, 0.3) is 0 Å². The summed E-state index contributed by atoms with van der Waals surface area (Å²) in [7, 11) is 0. The number of hydrogen-bond donors (Lipinski definition) is 0. The number of halogens is 1. The molecule has 0 bridgehead atoms. The van der Waals surface area contributed by atoms with Gasteiger partial charge >= 0.3 is 0 Å². The van der Waals surface area contributed by atoms with Crippen molar-refractivity contribution in [1.82, 2.24) is 0 Å². The van der Waals surface area contributed by atoms with Crippen molar-refractivity contribution in [3.05, 3.63) is 0 Å². The Hall–Kier alpha value is -0.0400. The Balaban J connectivity index is 3.29. The van der Waals surface area contributed by atoms with Crippen LogP contribution in [0.5, 0.6) is 0 Å². The summed E-state index contributed by atoms with van der Waals surface area (Å²) >= 11 is 5.52. The fourth-order valence-corrected chi connectivity index (χ4v) is 0.403. The molecular weight excluding hydrogens is 110 g/mol. The minimum atomic E-state index is 0.725. The summed E-state index contributed by atoms with van der Waals surface area (Å²) in [4.78, 5) is 3.93. The van der Waals surface area contributed by atoms with E-state index in [9.17, 15) is 0 Å². The van der Waals surface area contributed by atoms with Crippen LogP contribution >= 0.6 is 11.6 Å². The van der Waals surface area contributed by atoms with Gasteiger partial charge in [0, 0.05) is 6.54 Å². The first-order valence-electron chi connectivity index (χ1n) is 2.50. The molecule has 42 valence electrons. The summed E-state index contributed by atoms with van der Waals surface area (Å²) < 4.78 is 0. The highest BCUT2D eigenvalue weighted by molar-refractivity contribution is 6.65. The molecule has 0 spiro atoms. The van der Waals surface area contributed by atoms with Crippen molar-refractivity contribution < 1.29 is 0 Å². The molecule has 0 atom stereocenters. The van der Waals surface area contributed by atoms with Crippen LogP contribution in [0.25, 0.3) is 0 Å². The highest BCUT2D eigenvalue weighted by Gasteiger charge is 1.81. The van der Waals surface area contributed by atoms with Crippen LogP contribution in [0.4, 0.5) is 0 Å². The average Bonchev–Trinajstić information content (AvgIpc) is 1.68. The molecular formula is C5H10ClN. The third-order valence-corrected chi connectivity index (χ3v) is 1.01. The summed E-state index contributed by atoms with van der Waals surface area (Å²) in [6, 6.07) is 0. The number of hydrogen-bond acceptors (Lipinski definition) is 1. The van der Waals surface area contributed by atoms with Crippen LogP contribution in [0.15, 0.2) is 4.99 Å². The Labute approximate surface area is 49.4 Å². The van der Waals surface area contributed by atoms with Crippen molar-refractivity contribution in [2.75, 3.05) is 6.54 Å². The predicted molar refractivity (Wildman–Crippen MR) is 34.1 cm³/mol. The minimum Gasteiger partial charge on any atom is -0.278 e. The molecule has 0 aliphatic heterocycles. The first-order chi connectivity index (χ1) is 3.31. The zero-order valence-corrected chi connectivity index (χ0v) is 5.50. The molecule has 0 saturated heterocycles. The molecule has 2 heteroatoms. The van der Waals surface area contributed by atoms with Gasteiger partial charge in [-0.1, -0.05) is 18.5 Å². The van der Waals surface area contributed by atoms with Gasteiger partial charge < -0.3 is 0 Å². The van der Waals surface area contributed by atoms with Gasteiger partial charge in [0.1, 0.15) is 0 Å². The second kappa shape index (κ2) is 4.13. The lowest BCUT2D eigenvalue weighted by Gasteiger charge is -1.85. The molecule has 0 saturated carbocycles. The van der Waals surface area contributed by atoms with Gasteiger partial charge in [0.15, 0.2) is 0 Å². The van der Waals surface area contributed by atoms with E-state index in [-0.39, 0.29) is 0 Å². The predicted octanol–water partition coefficient (Wildman–Crippen LogP) is 2.05. The highest BCUT2D eigenvalue weighted by Crippen LogP contribution is 1.89. The van der Waals surface area contributed by atoms with Gasteiger partial charge in [-0.05, 0) is 13.3 Å². The van der Waals surface area contributed by atoms with Crippen LogP contribution < -0.4 is 0 Å². The summed E-state index contributed by atoms with van der Waals surface area (Å²) in [6.07, 6.45) is 0.857. The monoisotopic (exact) mass is 119 g/mol. The third kappa shape index (κ3) is 3.80. The van der Waals surface area contributed by atoms with Crippen LogP contribution in [-0.4, -0.2) is 11.7 Å². The molecule has 0 aromatic rings. The lowest BCUT2D eigenvalue weighted by Crippen LogP contribution is -1.82.